The predicted octanol–water partition coefficient (Wildman–Crippen LogP) is 1.15. The summed E-state index contributed by atoms with van der Waals surface area (Å²) in [5.74, 6) is -0.0988. The molecule has 0 spiro atoms. The van der Waals surface area contributed by atoms with Gasteiger partial charge in [-0.1, -0.05) is 18.2 Å². The number of amides is 3. The summed E-state index contributed by atoms with van der Waals surface area (Å²) in [6, 6.07) is 8.80. The van der Waals surface area contributed by atoms with Gasteiger partial charge in [0.25, 0.3) is 5.91 Å². The van der Waals surface area contributed by atoms with Crippen LogP contribution in [0, 0.1) is 0 Å². The highest BCUT2D eigenvalue weighted by molar-refractivity contribution is 6.18. The van der Waals surface area contributed by atoms with E-state index in [1.54, 1.807) is 29.2 Å². The Morgan fingerprint density at radius 2 is 1.79 bits per heavy atom. The zero-order chi connectivity index (χ0) is 17.4. The van der Waals surface area contributed by atoms with E-state index in [1.165, 1.54) is 0 Å². The lowest BCUT2D eigenvalue weighted by Crippen LogP contribution is -2.48. The van der Waals surface area contributed by atoms with Crippen LogP contribution in [0.2, 0.25) is 0 Å². The number of piperidine rings is 1. The summed E-state index contributed by atoms with van der Waals surface area (Å²) in [7, 11) is 0. The summed E-state index contributed by atoms with van der Waals surface area (Å²) in [4.78, 5) is 37.3. The van der Waals surface area contributed by atoms with Crippen molar-refractivity contribution in [3.63, 3.8) is 0 Å². The maximum absolute atomic E-state index is 11.9. The molecule has 0 aromatic heterocycles. The lowest BCUT2D eigenvalue weighted by molar-refractivity contribution is -0.132. The summed E-state index contributed by atoms with van der Waals surface area (Å²) in [5, 5.41) is 5.50. The van der Waals surface area contributed by atoms with Crippen LogP contribution in [0.15, 0.2) is 30.3 Å². The minimum Gasteiger partial charge on any atom is -0.352 e. The molecular formula is C17H22ClN3O3. The molecule has 1 saturated heterocycles. The van der Waals surface area contributed by atoms with E-state index in [4.69, 9.17) is 11.6 Å². The SMILES string of the molecule is O=C(CNC(=O)c1ccccc1)NC1CCN(C(=O)CCCl)CC1. The first kappa shape index (κ1) is 18.3. The van der Waals surface area contributed by atoms with Crippen molar-refractivity contribution in [2.24, 2.45) is 0 Å². The van der Waals surface area contributed by atoms with Gasteiger partial charge in [-0.05, 0) is 25.0 Å². The zero-order valence-electron chi connectivity index (χ0n) is 13.5. The highest BCUT2D eigenvalue weighted by Gasteiger charge is 2.23. The third-order valence-electron chi connectivity index (χ3n) is 3.97. The second-order valence-electron chi connectivity index (χ2n) is 5.71. The molecule has 0 atom stereocenters. The Kier molecular flexibility index (Phi) is 7.06. The van der Waals surface area contributed by atoms with Crippen molar-refractivity contribution < 1.29 is 14.4 Å². The number of rotatable bonds is 6. The molecule has 1 heterocycles. The summed E-state index contributed by atoms with van der Waals surface area (Å²) >= 11 is 5.58. The van der Waals surface area contributed by atoms with Gasteiger partial charge >= 0.3 is 0 Å². The molecule has 1 fully saturated rings. The first-order chi connectivity index (χ1) is 11.6. The normalized spacial score (nSPS) is 15.0. The van der Waals surface area contributed by atoms with Crippen LogP contribution in [0.5, 0.6) is 0 Å². The summed E-state index contributed by atoms with van der Waals surface area (Å²) in [6.07, 6.45) is 1.78. The number of alkyl halides is 1. The van der Waals surface area contributed by atoms with Gasteiger partial charge in [-0.25, -0.2) is 0 Å². The molecule has 7 heteroatoms. The molecule has 1 aromatic rings. The topological polar surface area (TPSA) is 78.5 Å². The molecule has 1 aliphatic rings. The van der Waals surface area contributed by atoms with E-state index in [0.29, 0.717) is 43.8 Å². The number of nitrogens with zero attached hydrogens (tertiary/aromatic N) is 1. The van der Waals surface area contributed by atoms with Crippen molar-refractivity contribution in [2.75, 3.05) is 25.5 Å². The van der Waals surface area contributed by atoms with E-state index in [9.17, 15) is 14.4 Å². The molecule has 130 valence electrons. The van der Waals surface area contributed by atoms with Crippen LogP contribution < -0.4 is 10.6 Å². The number of halogens is 1. The molecule has 0 unspecified atom stereocenters. The average Bonchev–Trinajstić information content (AvgIpc) is 2.61. The first-order valence-corrected chi connectivity index (χ1v) is 8.60. The van der Waals surface area contributed by atoms with Gasteiger partial charge in [0.05, 0.1) is 6.54 Å². The van der Waals surface area contributed by atoms with Gasteiger partial charge < -0.3 is 15.5 Å². The van der Waals surface area contributed by atoms with Crippen LogP contribution >= 0.6 is 11.6 Å². The fourth-order valence-electron chi connectivity index (χ4n) is 2.64. The van der Waals surface area contributed by atoms with Gasteiger partial charge in [0, 0.05) is 37.0 Å². The molecule has 2 N–H and O–H groups in total. The van der Waals surface area contributed by atoms with Crippen molar-refractivity contribution in [3.8, 4) is 0 Å². The standard InChI is InChI=1S/C17H22ClN3O3/c18-9-6-16(23)21-10-7-14(8-11-21)20-15(22)12-19-17(24)13-4-2-1-3-5-13/h1-5,14H,6-12H2,(H,19,24)(H,20,22). The Hall–Kier alpha value is -2.08. The van der Waals surface area contributed by atoms with Crippen LogP contribution in [0.25, 0.3) is 0 Å². The largest absolute Gasteiger partial charge is 0.352 e. The van der Waals surface area contributed by atoms with Crippen LogP contribution in [0.3, 0.4) is 0 Å². The van der Waals surface area contributed by atoms with Crippen LogP contribution in [-0.4, -0.2) is 54.2 Å². The highest BCUT2D eigenvalue weighted by Crippen LogP contribution is 2.11. The van der Waals surface area contributed by atoms with Gasteiger partial charge in [-0.3, -0.25) is 14.4 Å². The number of likely N-dealkylation sites (tertiary alicyclic amines) is 1. The number of carbonyl (C=O) groups is 3. The first-order valence-electron chi connectivity index (χ1n) is 8.06. The molecule has 3 amide bonds. The van der Waals surface area contributed by atoms with Crippen molar-refractivity contribution in [1.29, 1.82) is 0 Å². The third-order valence-corrected chi connectivity index (χ3v) is 4.16. The van der Waals surface area contributed by atoms with Crippen molar-refractivity contribution in [2.45, 2.75) is 25.3 Å². The Balaban J connectivity index is 1.68. The number of nitrogens with one attached hydrogen (secondary N) is 2. The second kappa shape index (κ2) is 9.27. The van der Waals surface area contributed by atoms with E-state index >= 15 is 0 Å². The molecule has 1 aliphatic heterocycles. The van der Waals surface area contributed by atoms with Gasteiger partial charge in [0.1, 0.15) is 0 Å². The summed E-state index contributed by atoms with van der Waals surface area (Å²) in [5.41, 5.74) is 0.524. The van der Waals surface area contributed by atoms with Crippen LogP contribution in [0.1, 0.15) is 29.6 Å². The summed E-state index contributed by atoms with van der Waals surface area (Å²) < 4.78 is 0. The van der Waals surface area contributed by atoms with E-state index in [-0.39, 0.29) is 30.3 Å². The number of carbonyl (C=O) groups excluding carboxylic acids is 3. The van der Waals surface area contributed by atoms with Gasteiger partial charge in [-0.15, -0.1) is 11.6 Å². The van der Waals surface area contributed by atoms with Gasteiger partial charge in [-0.2, -0.15) is 0 Å². The molecule has 0 saturated carbocycles. The monoisotopic (exact) mass is 351 g/mol. The van der Waals surface area contributed by atoms with Crippen molar-refractivity contribution >= 4 is 29.3 Å². The Morgan fingerprint density at radius 1 is 1.12 bits per heavy atom. The second-order valence-corrected chi connectivity index (χ2v) is 6.09. The summed E-state index contributed by atoms with van der Waals surface area (Å²) in [6.45, 7) is 1.19. The zero-order valence-corrected chi connectivity index (χ0v) is 14.2. The average molecular weight is 352 g/mol. The van der Waals surface area contributed by atoms with Crippen LogP contribution in [0.4, 0.5) is 0 Å². The maximum Gasteiger partial charge on any atom is 0.251 e. The fourth-order valence-corrected chi connectivity index (χ4v) is 2.80. The minimum atomic E-state index is -0.271. The molecule has 0 aliphatic carbocycles. The van der Waals surface area contributed by atoms with Crippen molar-refractivity contribution in [1.82, 2.24) is 15.5 Å². The molecular weight excluding hydrogens is 330 g/mol. The van der Waals surface area contributed by atoms with Gasteiger partial charge in [0.2, 0.25) is 11.8 Å². The molecule has 2 rings (SSSR count). The van der Waals surface area contributed by atoms with E-state index in [1.807, 2.05) is 6.07 Å². The van der Waals surface area contributed by atoms with E-state index in [0.717, 1.165) is 0 Å². The van der Waals surface area contributed by atoms with E-state index in [2.05, 4.69) is 10.6 Å². The lowest BCUT2D eigenvalue weighted by atomic mass is 10.0. The minimum absolute atomic E-state index is 0.0335. The van der Waals surface area contributed by atoms with E-state index < -0.39 is 0 Å². The number of hydrogen-bond donors (Lipinski definition) is 2. The molecule has 0 radical (unpaired) electrons. The molecule has 24 heavy (non-hydrogen) atoms. The van der Waals surface area contributed by atoms with Crippen molar-refractivity contribution in [3.05, 3.63) is 35.9 Å². The third kappa shape index (κ3) is 5.53. The lowest BCUT2D eigenvalue weighted by Gasteiger charge is -2.32. The smallest absolute Gasteiger partial charge is 0.251 e. The maximum atomic E-state index is 11.9. The number of benzene rings is 1. The molecule has 6 nitrogen and oxygen atoms in total. The predicted molar refractivity (Wildman–Crippen MR) is 91.9 cm³/mol. The Morgan fingerprint density at radius 3 is 2.42 bits per heavy atom. The Labute approximate surface area is 146 Å². The van der Waals surface area contributed by atoms with Crippen LogP contribution in [-0.2, 0) is 9.59 Å². The molecule has 0 bridgehead atoms. The quantitative estimate of drug-likeness (QED) is 0.755. The van der Waals surface area contributed by atoms with Gasteiger partial charge in [0.15, 0.2) is 0 Å². The Bertz CT molecular complexity index is 572. The molecule has 1 aromatic carbocycles. The number of hydrogen-bond acceptors (Lipinski definition) is 3. The highest BCUT2D eigenvalue weighted by atomic mass is 35.5. The fraction of sp³-hybridized carbons (Fsp3) is 0.471.